The van der Waals surface area contributed by atoms with E-state index in [9.17, 15) is 4.79 Å². The zero-order valence-electron chi connectivity index (χ0n) is 11.7. The molecule has 0 aliphatic heterocycles. The second kappa shape index (κ2) is 9.42. The number of nitrogens with two attached hydrogens (primary N) is 1. The summed E-state index contributed by atoms with van der Waals surface area (Å²) in [6, 6.07) is 0.227. The van der Waals surface area contributed by atoms with Crippen molar-refractivity contribution in [2.24, 2.45) is 11.7 Å². The molecule has 0 aliphatic carbocycles. The Morgan fingerprint density at radius 1 is 1.24 bits per heavy atom. The van der Waals surface area contributed by atoms with Crippen LogP contribution in [0.5, 0.6) is 0 Å². The summed E-state index contributed by atoms with van der Waals surface area (Å²) < 4.78 is 5.35. The van der Waals surface area contributed by atoms with Crippen LogP contribution in [0.3, 0.4) is 0 Å². The molecule has 1 amide bonds. The van der Waals surface area contributed by atoms with Gasteiger partial charge < -0.3 is 15.8 Å². The fourth-order valence-corrected chi connectivity index (χ4v) is 1.52. The molecule has 0 rings (SSSR count). The smallest absolute Gasteiger partial charge is 0.222 e. The van der Waals surface area contributed by atoms with Gasteiger partial charge >= 0.3 is 0 Å². The van der Waals surface area contributed by atoms with E-state index in [2.05, 4.69) is 5.32 Å². The fraction of sp³-hybridized carbons (Fsp3) is 0.923. The lowest BCUT2D eigenvalue weighted by Crippen LogP contribution is -2.32. The Kier molecular flexibility index (Phi) is 9.09. The Labute approximate surface area is 105 Å². The lowest BCUT2D eigenvalue weighted by molar-refractivity contribution is -0.125. The number of amides is 1. The maximum Gasteiger partial charge on any atom is 0.222 e. The Balaban J connectivity index is 3.53. The molecule has 0 aromatic heterocycles. The van der Waals surface area contributed by atoms with Crippen molar-refractivity contribution in [2.75, 3.05) is 13.2 Å². The number of hydrogen-bond donors (Lipinski definition) is 2. The van der Waals surface area contributed by atoms with Crippen LogP contribution in [0.25, 0.3) is 0 Å². The van der Waals surface area contributed by atoms with Crippen molar-refractivity contribution in [3.8, 4) is 0 Å². The molecular formula is C13H28N2O2. The molecule has 0 radical (unpaired) electrons. The van der Waals surface area contributed by atoms with Crippen molar-refractivity contribution < 1.29 is 9.53 Å². The second-order valence-electron chi connectivity index (χ2n) is 5.02. The Hall–Kier alpha value is -0.610. The molecule has 2 unspecified atom stereocenters. The average Bonchev–Trinajstić information content (AvgIpc) is 2.23. The summed E-state index contributed by atoms with van der Waals surface area (Å²) in [6.45, 7) is 9.09. The van der Waals surface area contributed by atoms with E-state index in [1.807, 2.05) is 27.7 Å². The van der Waals surface area contributed by atoms with Crippen molar-refractivity contribution in [1.82, 2.24) is 5.32 Å². The van der Waals surface area contributed by atoms with E-state index < -0.39 is 0 Å². The number of carbonyl (C=O) groups is 1. The highest BCUT2D eigenvalue weighted by Gasteiger charge is 2.12. The molecule has 0 aromatic rings. The normalized spacial score (nSPS) is 14.7. The van der Waals surface area contributed by atoms with Crippen LogP contribution in [-0.2, 0) is 9.53 Å². The monoisotopic (exact) mass is 244 g/mol. The number of carbonyl (C=O) groups excluding carboxylic acids is 1. The van der Waals surface area contributed by atoms with Gasteiger partial charge in [-0.2, -0.15) is 0 Å². The number of ether oxygens (including phenoxy) is 1. The highest BCUT2D eigenvalue weighted by Crippen LogP contribution is 2.08. The predicted molar refractivity (Wildman–Crippen MR) is 70.8 cm³/mol. The minimum Gasteiger partial charge on any atom is -0.377 e. The average molecular weight is 244 g/mol. The van der Waals surface area contributed by atoms with Gasteiger partial charge in [0.05, 0.1) is 12.7 Å². The summed E-state index contributed by atoms with van der Waals surface area (Å²) in [6.07, 6.45) is 3.11. The van der Waals surface area contributed by atoms with Crippen LogP contribution in [0.15, 0.2) is 0 Å². The van der Waals surface area contributed by atoms with Crippen molar-refractivity contribution in [3.63, 3.8) is 0 Å². The first-order chi connectivity index (χ1) is 7.93. The summed E-state index contributed by atoms with van der Waals surface area (Å²) in [4.78, 5) is 11.7. The van der Waals surface area contributed by atoms with Crippen molar-refractivity contribution in [1.29, 1.82) is 0 Å². The van der Waals surface area contributed by atoms with Crippen molar-refractivity contribution in [2.45, 2.75) is 59.1 Å². The predicted octanol–water partition coefficient (Wildman–Crippen LogP) is 1.68. The Morgan fingerprint density at radius 3 is 2.41 bits per heavy atom. The number of rotatable bonds is 9. The standard InChI is InChI=1S/C13H28N2O2/c1-10(2)17-9-8-15-13(16)11(3)6-5-7-12(4)14/h10-12H,5-9,14H2,1-4H3,(H,15,16). The first-order valence-electron chi connectivity index (χ1n) is 6.58. The van der Waals surface area contributed by atoms with Gasteiger partial charge in [0.2, 0.25) is 5.91 Å². The molecule has 0 aromatic carbocycles. The summed E-state index contributed by atoms with van der Waals surface area (Å²) in [5.41, 5.74) is 5.66. The molecule has 0 saturated carbocycles. The SMILES string of the molecule is CC(N)CCCC(C)C(=O)NCCOC(C)C. The van der Waals surface area contributed by atoms with Gasteiger partial charge in [0.25, 0.3) is 0 Å². The zero-order valence-corrected chi connectivity index (χ0v) is 11.7. The van der Waals surface area contributed by atoms with Crippen LogP contribution in [0.4, 0.5) is 0 Å². The van der Waals surface area contributed by atoms with Crippen LogP contribution in [-0.4, -0.2) is 31.2 Å². The van der Waals surface area contributed by atoms with Crippen molar-refractivity contribution >= 4 is 5.91 Å². The molecule has 0 fully saturated rings. The lowest BCUT2D eigenvalue weighted by atomic mass is 10.0. The quantitative estimate of drug-likeness (QED) is 0.607. The molecule has 0 bridgehead atoms. The molecule has 4 nitrogen and oxygen atoms in total. The van der Waals surface area contributed by atoms with Gasteiger partial charge in [-0.15, -0.1) is 0 Å². The summed E-state index contributed by atoms with van der Waals surface area (Å²) in [7, 11) is 0. The Bertz CT molecular complexity index is 206. The molecule has 0 aliphatic rings. The van der Waals surface area contributed by atoms with Gasteiger partial charge in [-0.1, -0.05) is 13.3 Å². The summed E-state index contributed by atoms with van der Waals surface area (Å²) in [5.74, 6) is 0.176. The highest BCUT2D eigenvalue weighted by atomic mass is 16.5. The van der Waals surface area contributed by atoms with Gasteiger partial charge in [0, 0.05) is 18.5 Å². The largest absolute Gasteiger partial charge is 0.377 e. The topological polar surface area (TPSA) is 64.4 Å². The summed E-state index contributed by atoms with van der Waals surface area (Å²) >= 11 is 0. The zero-order chi connectivity index (χ0) is 13.3. The van der Waals surface area contributed by atoms with Crippen LogP contribution in [0.1, 0.15) is 47.0 Å². The molecule has 0 heterocycles. The van der Waals surface area contributed by atoms with E-state index in [4.69, 9.17) is 10.5 Å². The van der Waals surface area contributed by atoms with Gasteiger partial charge in [-0.25, -0.2) is 0 Å². The number of hydrogen-bond acceptors (Lipinski definition) is 3. The van der Waals surface area contributed by atoms with Crippen LogP contribution < -0.4 is 11.1 Å². The third-order valence-electron chi connectivity index (χ3n) is 2.60. The second-order valence-corrected chi connectivity index (χ2v) is 5.02. The van der Waals surface area contributed by atoms with Gasteiger partial charge in [-0.05, 0) is 33.6 Å². The van der Waals surface area contributed by atoms with E-state index in [0.717, 1.165) is 19.3 Å². The van der Waals surface area contributed by atoms with E-state index >= 15 is 0 Å². The third kappa shape index (κ3) is 10.3. The third-order valence-corrected chi connectivity index (χ3v) is 2.60. The molecule has 3 N–H and O–H groups in total. The fourth-order valence-electron chi connectivity index (χ4n) is 1.52. The minimum absolute atomic E-state index is 0.0628. The number of nitrogens with one attached hydrogen (secondary N) is 1. The molecule has 0 saturated heterocycles. The molecular weight excluding hydrogens is 216 g/mol. The van der Waals surface area contributed by atoms with Crippen LogP contribution in [0.2, 0.25) is 0 Å². The van der Waals surface area contributed by atoms with Gasteiger partial charge in [0.15, 0.2) is 0 Å². The first-order valence-corrected chi connectivity index (χ1v) is 6.58. The lowest BCUT2D eigenvalue weighted by Gasteiger charge is -2.13. The highest BCUT2D eigenvalue weighted by molar-refractivity contribution is 5.78. The van der Waals surface area contributed by atoms with E-state index in [-0.39, 0.29) is 24.0 Å². The molecule has 17 heavy (non-hydrogen) atoms. The minimum atomic E-state index is 0.0628. The van der Waals surface area contributed by atoms with Gasteiger partial charge in [-0.3, -0.25) is 4.79 Å². The van der Waals surface area contributed by atoms with Crippen LogP contribution in [0, 0.1) is 5.92 Å². The molecule has 4 heteroatoms. The summed E-state index contributed by atoms with van der Waals surface area (Å²) in [5, 5.41) is 2.88. The van der Waals surface area contributed by atoms with Crippen LogP contribution >= 0.6 is 0 Å². The van der Waals surface area contributed by atoms with Crippen molar-refractivity contribution in [3.05, 3.63) is 0 Å². The van der Waals surface area contributed by atoms with Gasteiger partial charge in [0.1, 0.15) is 0 Å². The van der Waals surface area contributed by atoms with E-state index in [1.54, 1.807) is 0 Å². The molecule has 102 valence electrons. The Morgan fingerprint density at radius 2 is 1.88 bits per heavy atom. The molecule has 2 atom stereocenters. The first kappa shape index (κ1) is 16.4. The van der Waals surface area contributed by atoms with E-state index in [0.29, 0.717) is 13.2 Å². The maximum atomic E-state index is 11.7. The molecule has 0 spiro atoms. The maximum absolute atomic E-state index is 11.7. The van der Waals surface area contributed by atoms with E-state index in [1.165, 1.54) is 0 Å².